The fourth-order valence-electron chi connectivity index (χ4n) is 2.89. The first-order valence-electron chi connectivity index (χ1n) is 8.35. The molecule has 1 aliphatic rings. The molecular weight excluding hydrogens is 306 g/mol. The molecule has 1 amide bonds. The Bertz CT molecular complexity index is 575. The molecule has 0 atom stereocenters. The zero-order valence-electron chi connectivity index (χ0n) is 15.3. The van der Waals surface area contributed by atoms with E-state index in [-0.39, 0.29) is 12.1 Å². The third-order valence-electron chi connectivity index (χ3n) is 4.28. The van der Waals surface area contributed by atoms with Crippen molar-refractivity contribution in [3.05, 3.63) is 18.2 Å². The number of methoxy groups -OCH3 is 1. The van der Waals surface area contributed by atoms with E-state index < -0.39 is 5.60 Å². The van der Waals surface area contributed by atoms with Crippen LogP contribution in [0.15, 0.2) is 18.2 Å². The number of ether oxygens (including phenoxy) is 2. The summed E-state index contributed by atoms with van der Waals surface area (Å²) in [5.41, 5.74) is 7.14. The fourth-order valence-corrected chi connectivity index (χ4v) is 2.89. The lowest BCUT2D eigenvalue weighted by Crippen LogP contribution is -2.47. The molecule has 0 bridgehead atoms. The van der Waals surface area contributed by atoms with Crippen LogP contribution in [-0.2, 0) is 4.74 Å². The van der Waals surface area contributed by atoms with Crippen LogP contribution < -0.4 is 15.4 Å². The van der Waals surface area contributed by atoms with Gasteiger partial charge in [-0.05, 0) is 45.7 Å². The highest BCUT2D eigenvalue weighted by atomic mass is 16.6. The molecule has 1 fully saturated rings. The number of hydrogen-bond acceptors (Lipinski definition) is 5. The van der Waals surface area contributed by atoms with Crippen LogP contribution in [0.4, 0.5) is 16.2 Å². The Labute approximate surface area is 144 Å². The van der Waals surface area contributed by atoms with Crippen LogP contribution in [-0.4, -0.2) is 49.9 Å². The Balaban J connectivity index is 1.94. The summed E-state index contributed by atoms with van der Waals surface area (Å²) < 4.78 is 10.7. The van der Waals surface area contributed by atoms with Gasteiger partial charge in [0.15, 0.2) is 0 Å². The molecule has 0 radical (unpaired) electrons. The van der Waals surface area contributed by atoms with Gasteiger partial charge in [0, 0.05) is 37.9 Å². The first-order chi connectivity index (χ1) is 11.2. The molecule has 6 nitrogen and oxygen atoms in total. The molecule has 0 aromatic heterocycles. The topological polar surface area (TPSA) is 68.0 Å². The van der Waals surface area contributed by atoms with Gasteiger partial charge in [0.25, 0.3) is 0 Å². The van der Waals surface area contributed by atoms with E-state index in [1.807, 2.05) is 46.0 Å². The summed E-state index contributed by atoms with van der Waals surface area (Å²) in [4.78, 5) is 16.2. The molecule has 2 N–H and O–H groups in total. The van der Waals surface area contributed by atoms with Crippen LogP contribution >= 0.6 is 0 Å². The van der Waals surface area contributed by atoms with Crippen molar-refractivity contribution in [3.63, 3.8) is 0 Å². The normalized spacial score (nSPS) is 16.0. The molecule has 1 aromatic carbocycles. The summed E-state index contributed by atoms with van der Waals surface area (Å²) in [7, 11) is 3.44. The Morgan fingerprint density at radius 3 is 2.46 bits per heavy atom. The largest absolute Gasteiger partial charge is 0.495 e. The fraction of sp³-hybridized carbons (Fsp3) is 0.611. The third-order valence-corrected chi connectivity index (χ3v) is 4.28. The van der Waals surface area contributed by atoms with Crippen LogP contribution in [0, 0.1) is 0 Å². The number of amides is 1. The van der Waals surface area contributed by atoms with Crippen LogP contribution in [0.2, 0.25) is 0 Å². The predicted molar refractivity (Wildman–Crippen MR) is 96.6 cm³/mol. The highest BCUT2D eigenvalue weighted by Gasteiger charge is 2.28. The third kappa shape index (κ3) is 4.46. The molecule has 0 unspecified atom stereocenters. The van der Waals surface area contributed by atoms with Crippen LogP contribution in [0.3, 0.4) is 0 Å². The number of carbonyl (C=O) groups is 1. The molecule has 1 aliphatic heterocycles. The minimum Gasteiger partial charge on any atom is -0.495 e. The van der Waals surface area contributed by atoms with Gasteiger partial charge in [-0.2, -0.15) is 0 Å². The van der Waals surface area contributed by atoms with E-state index in [0.29, 0.717) is 11.4 Å². The highest BCUT2D eigenvalue weighted by molar-refractivity contribution is 5.68. The molecule has 0 spiro atoms. The summed E-state index contributed by atoms with van der Waals surface area (Å²) in [6.07, 6.45) is 1.56. The average molecular weight is 335 g/mol. The van der Waals surface area contributed by atoms with Gasteiger partial charge in [0.1, 0.15) is 11.4 Å². The van der Waals surface area contributed by atoms with E-state index >= 15 is 0 Å². The van der Waals surface area contributed by atoms with Crippen LogP contribution in [0.25, 0.3) is 0 Å². The van der Waals surface area contributed by atoms with Crippen molar-refractivity contribution in [3.8, 4) is 5.75 Å². The maximum Gasteiger partial charge on any atom is 0.410 e. The summed E-state index contributed by atoms with van der Waals surface area (Å²) in [5.74, 6) is 0.695. The van der Waals surface area contributed by atoms with Gasteiger partial charge < -0.3 is 25.0 Å². The SMILES string of the molecule is COc1cc(N2CCC(N(C)C(=O)OC(C)(C)C)CC2)ccc1N. The standard InChI is InChI=1S/C18H29N3O3/c1-18(2,3)24-17(22)20(4)13-8-10-21(11-9-13)14-6-7-15(19)16(12-14)23-5/h6-7,12-13H,8-11,19H2,1-5H3. The van der Waals surface area contributed by atoms with Gasteiger partial charge in [-0.3, -0.25) is 0 Å². The van der Waals surface area contributed by atoms with E-state index in [2.05, 4.69) is 4.90 Å². The molecule has 6 heteroatoms. The smallest absolute Gasteiger partial charge is 0.410 e. The zero-order valence-corrected chi connectivity index (χ0v) is 15.3. The lowest BCUT2D eigenvalue weighted by atomic mass is 10.0. The number of nitrogen functional groups attached to an aromatic ring is 1. The Kier molecular flexibility index (Phi) is 5.47. The number of benzene rings is 1. The van der Waals surface area contributed by atoms with E-state index in [1.165, 1.54) is 0 Å². The average Bonchev–Trinajstić information content (AvgIpc) is 2.53. The maximum absolute atomic E-state index is 12.2. The second kappa shape index (κ2) is 7.20. The summed E-state index contributed by atoms with van der Waals surface area (Å²) in [6.45, 7) is 7.41. The van der Waals surface area contributed by atoms with Gasteiger partial charge >= 0.3 is 6.09 Å². The number of nitrogens with two attached hydrogens (primary N) is 1. The summed E-state index contributed by atoms with van der Waals surface area (Å²) >= 11 is 0. The lowest BCUT2D eigenvalue weighted by Gasteiger charge is -2.38. The van der Waals surface area contributed by atoms with Crippen molar-refractivity contribution >= 4 is 17.5 Å². The van der Waals surface area contributed by atoms with Crippen molar-refractivity contribution in [2.75, 3.05) is 37.9 Å². The van der Waals surface area contributed by atoms with Crippen LogP contribution in [0.5, 0.6) is 5.75 Å². The number of anilines is 2. The molecule has 0 aliphatic carbocycles. The first kappa shape index (κ1) is 18.2. The Hall–Kier alpha value is -2.11. The summed E-state index contributed by atoms with van der Waals surface area (Å²) in [6, 6.07) is 6.04. The second-order valence-corrected chi connectivity index (χ2v) is 7.24. The summed E-state index contributed by atoms with van der Waals surface area (Å²) in [5, 5.41) is 0. The molecule has 1 heterocycles. The van der Waals surface area contributed by atoms with Crippen molar-refractivity contribution in [1.29, 1.82) is 0 Å². The quantitative estimate of drug-likeness (QED) is 0.860. The van der Waals surface area contributed by atoms with Crippen molar-refractivity contribution in [1.82, 2.24) is 4.90 Å². The van der Waals surface area contributed by atoms with Gasteiger partial charge in [-0.15, -0.1) is 0 Å². The van der Waals surface area contributed by atoms with E-state index in [0.717, 1.165) is 31.6 Å². The van der Waals surface area contributed by atoms with Crippen molar-refractivity contribution < 1.29 is 14.3 Å². The minimum absolute atomic E-state index is 0.201. The number of carbonyl (C=O) groups excluding carboxylic acids is 1. The first-order valence-corrected chi connectivity index (χ1v) is 8.35. The molecular formula is C18H29N3O3. The van der Waals surface area contributed by atoms with Crippen molar-refractivity contribution in [2.24, 2.45) is 0 Å². The van der Waals surface area contributed by atoms with Gasteiger partial charge in [-0.25, -0.2) is 4.79 Å². The monoisotopic (exact) mass is 335 g/mol. The molecule has 0 saturated carbocycles. The number of piperidine rings is 1. The van der Waals surface area contributed by atoms with E-state index in [9.17, 15) is 4.79 Å². The second-order valence-electron chi connectivity index (χ2n) is 7.24. The predicted octanol–water partition coefficient (Wildman–Crippen LogP) is 3.11. The van der Waals surface area contributed by atoms with Crippen molar-refractivity contribution in [2.45, 2.75) is 45.3 Å². The maximum atomic E-state index is 12.2. The van der Waals surface area contributed by atoms with Gasteiger partial charge in [0.05, 0.1) is 12.8 Å². The van der Waals surface area contributed by atoms with Gasteiger partial charge in [0.2, 0.25) is 0 Å². The lowest BCUT2D eigenvalue weighted by molar-refractivity contribution is 0.0201. The highest BCUT2D eigenvalue weighted by Crippen LogP contribution is 2.29. The number of rotatable bonds is 3. The Morgan fingerprint density at radius 2 is 1.92 bits per heavy atom. The minimum atomic E-state index is -0.466. The Morgan fingerprint density at radius 1 is 1.29 bits per heavy atom. The number of hydrogen-bond donors (Lipinski definition) is 1. The molecule has 134 valence electrons. The van der Waals surface area contributed by atoms with Crippen LogP contribution in [0.1, 0.15) is 33.6 Å². The number of nitrogens with zero attached hydrogens (tertiary/aromatic N) is 2. The van der Waals surface area contributed by atoms with Gasteiger partial charge in [-0.1, -0.05) is 0 Å². The molecule has 1 aromatic rings. The zero-order chi connectivity index (χ0) is 17.9. The van der Waals surface area contributed by atoms with E-state index in [4.69, 9.17) is 15.2 Å². The molecule has 24 heavy (non-hydrogen) atoms. The molecule has 2 rings (SSSR count). The van der Waals surface area contributed by atoms with E-state index in [1.54, 1.807) is 12.0 Å². The molecule has 1 saturated heterocycles.